The van der Waals surface area contributed by atoms with E-state index in [9.17, 15) is 4.79 Å². The van der Waals surface area contributed by atoms with Crippen LogP contribution in [0, 0.1) is 0 Å². The minimum atomic E-state index is -0.0723. The highest BCUT2D eigenvalue weighted by Crippen LogP contribution is 2.13. The predicted molar refractivity (Wildman–Crippen MR) is 58.6 cm³/mol. The number of rotatable bonds is 2. The Hall–Kier alpha value is -1.49. The van der Waals surface area contributed by atoms with Crippen molar-refractivity contribution in [1.29, 1.82) is 0 Å². The summed E-state index contributed by atoms with van der Waals surface area (Å²) in [6.07, 6.45) is 6.41. The molecule has 0 unspecified atom stereocenters. The smallest absolute Gasteiger partial charge is 0.197 e. The lowest BCUT2D eigenvalue weighted by Crippen LogP contribution is -2.00. The van der Waals surface area contributed by atoms with Crippen LogP contribution in [0.15, 0.2) is 35.3 Å². The third-order valence-corrected chi connectivity index (χ3v) is 2.37. The second kappa shape index (κ2) is 3.94. The van der Waals surface area contributed by atoms with Crippen molar-refractivity contribution in [3.05, 3.63) is 46.5 Å². The molecule has 2 aromatic heterocycles. The fraction of sp³-hybridized carbons (Fsp3) is 0.100. The predicted octanol–water partition coefficient (Wildman–Crippen LogP) is 1.81. The summed E-state index contributed by atoms with van der Waals surface area (Å²) in [5.74, 6) is -0.0723. The third kappa shape index (κ3) is 2.12. The Kier molecular flexibility index (Phi) is 2.64. The highest BCUT2D eigenvalue weighted by atomic mass is 79.9. The molecule has 2 rings (SSSR count). The Morgan fingerprint density at radius 3 is 2.73 bits per heavy atom. The quantitative estimate of drug-likeness (QED) is 0.779. The molecule has 76 valence electrons. The first-order chi connectivity index (χ1) is 7.16. The molecule has 0 aliphatic heterocycles. The van der Waals surface area contributed by atoms with Gasteiger partial charge in [0.15, 0.2) is 5.78 Å². The molecule has 2 heterocycles. The second-order valence-corrected chi connectivity index (χ2v) is 4.04. The zero-order valence-corrected chi connectivity index (χ0v) is 9.60. The fourth-order valence-corrected chi connectivity index (χ4v) is 1.61. The molecular weight excluding hydrogens is 258 g/mol. The van der Waals surface area contributed by atoms with Crippen molar-refractivity contribution in [2.75, 3.05) is 0 Å². The average Bonchev–Trinajstić information content (AvgIpc) is 2.64. The maximum Gasteiger partial charge on any atom is 0.197 e. The van der Waals surface area contributed by atoms with Crippen LogP contribution in [-0.2, 0) is 7.05 Å². The summed E-state index contributed by atoms with van der Waals surface area (Å²) in [5, 5.41) is 3.95. The molecule has 0 aromatic carbocycles. The van der Waals surface area contributed by atoms with Crippen molar-refractivity contribution in [3.8, 4) is 0 Å². The van der Waals surface area contributed by atoms with Crippen molar-refractivity contribution >= 4 is 21.7 Å². The standard InChI is InChI=1S/C10H8BrN3O/c1-14-6-8(4-13-14)10(15)7-2-9(11)5-12-3-7/h2-6H,1H3. The van der Waals surface area contributed by atoms with Crippen molar-refractivity contribution in [2.24, 2.45) is 7.05 Å². The summed E-state index contributed by atoms with van der Waals surface area (Å²) in [6.45, 7) is 0. The van der Waals surface area contributed by atoms with Crippen LogP contribution < -0.4 is 0 Å². The van der Waals surface area contributed by atoms with Gasteiger partial charge in [0.2, 0.25) is 0 Å². The Labute approximate surface area is 95.1 Å². The molecule has 0 radical (unpaired) electrons. The number of aromatic nitrogens is 3. The van der Waals surface area contributed by atoms with E-state index in [-0.39, 0.29) is 5.78 Å². The number of hydrogen-bond donors (Lipinski definition) is 0. The van der Waals surface area contributed by atoms with Gasteiger partial charge in [-0.15, -0.1) is 0 Å². The summed E-state index contributed by atoms with van der Waals surface area (Å²) >= 11 is 3.27. The van der Waals surface area contributed by atoms with E-state index in [0.29, 0.717) is 11.1 Å². The topological polar surface area (TPSA) is 47.8 Å². The molecule has 0 saturated heterocycles. The molecule has 15 heavy (non-hydrogen) atoms. The highest BCUT2D eigenvalue weighted by molar-refractivity contribution is 9.10. The summed E-state index contributed by atoms with van der Waals surface area (Å²) in [7, 11) is 1.77. The summed E-state index contributed by atoms with van der Waals surface area (Å²) in [5.41, 5.74) is 1.12. The zero-order chi connectivity index (χ0) is 10.8. The first-order valence-corrected chi connectivity index (χ1v) is 5.10. The molecule has 0 saturated carbocycles. The van der Waals surface area contributed by atoms with Gasteiger partial charge in [0.05, 0.1) is 11.8 Å². The number of nitrogens with zero attached hydrogens (tertiary/aromatic N) is 3. The Morgan fingerprint density at radius 1 is 1.33 bits per heavy atom. The monoisotopic (exact) mass is 265 g/mol. The molecule has 0 atom stereocenters. The van der Waals surface area contributed by atoms with Crippen LogP contribution in [0.3, 0.4) is 0 Å². The van der Waals surface area contributed by atoms with Gasteiger partial charge in [0, 0.05) is 35.7 Å². The number of hydrogen-bond acceptors (Lipinski definition) is 3. The lowest BCUT2D eigenvalue weighted by Gasteiger charge is -1.97. The maximum atomic E-state index is 11.9. The van der Waals surface area contributed by atoms with E-state index in [2.05, 4.69) is 26.0 Å². The van der Waals surface area contributed by atoms with Gasteiger partial charge in [0.1, 0.15) is 0 Å². The van der Waals surface area contributed by atoms with E-state index < -0.39 is 0 Å². The zero-order valence-electron chi connectivity index (χ0n) is 8.01. The Balaban J connectivity index is 2.36. The van der Waals surface area contributed by atoms with Crippen LogP contribution in [0.2, 0.25) is 0 Å². The number of carbonyl (C=O) groups excluding carboxylic acids is 1. The van der Waals surface area contributed by atoms with Crippen LogP contribution in [0.4, 0.5) is 0 Å². The van der Waals surface area contributed by atoms with Crippen LogP contribution in [0.5, 0.6) is 0 Å². The lowest BCUT2D eigenvalue weighted by molar-refractivity contribution is 0.103. The number of aryl methyl sites for hydroxylation is 1. The van der Waals surface area contributed by atoms with Crippen LogP contribution in [-0.4, -0.2) is 20.5 Å². The van der Waals surface area contributed by atoms with Gasteiger partial charge in [-0.05, 0) is 22.0 Å². The minimum Gasteiger partial charge on any atom is -0.288 e. The molecule has 0 fully saturated rings. The van der Waals surface area contributed by atoms with Crippen LogP contribution in [0.25, 0.3) is 0 Å². The highest BCUT2D eigenvalue weighted by Gasteiger charge is 2.11. The van der Waals surface area contributed by atoms with E-state index in [0.717, 1.165) is 4.47 Å². The van der Waals surface area contributed by atoms with E-state index in [1.54, 1.807) is 42.6 Å². The number of carbonyl (C=O) groups is 1. The number of halogens is 1. The summed E-state index contributed by atoms with van der Waals surface area (Å²) in [4.78, 5) is 15.8. The van der Waals surface area contributed by atoms with Crippen LogP contribution in [0.1, 0.15) is 15.9 Å². The molecule has 0 spiro atoms. The molecule has 0 aliphatic carbocycles. The first-order valence-electron chi connectivity index (χ1n) is 4.31. The fourth-order valence-electron chi connectivity index (χ4n) is 1.24. The summed E-state index contributed by atoms with van der Waals surface area (Å²) < 4.78 is 2.38. The Bertz CT molecular complexity index is 507. The number of ketones is 1. The van der Waals surface area contributed by atoms with Gasteiger partial charge in [-0.25, -0.2) is 0 Å². The number of pyridine rings is 1. The molecule has 0 N–H and O–H groups in total. The molecule has 2 aromatic rings. The van der Waals surface area contributed by atoms with E-state index in [4.69, 9.17) is 0 Å². The summed E-state index contributed by atoms with van der Waals surface area (Å²) in [6, 6.07) is 1.74. The van der Waals surface area contributed by atoms with Crippen LogP contribution >= 0.6 is 15.9 Å². The SMILES string of the molecule is Cn1cc(C(=O)c2cncc(Br)c2)cn1. The van der Waals surface area contributed by atoms with Gasteiger partial charge < -0.3 is 0 Å². The molecule has 4 nitrogen and oxygen atoms in total. The van der Waals surface area contributed by atoms with Gasteiger partial charge >= 0.3 is 0 Å². The average molecular weight is 266 g/mol. The first kappa shape index (κ1) is 10.0. The van der Waals surface area contributed by atoms with E-state index in [1.165, 1.54) is 0 Å². The maximum absolute atomic E-state index is 11.9. The van der Waals surface area contributed by atoms with Gasteiger partial charge in [0.25, 0.3) is 0 Å². The molecule has 0 bridgehead atoms. The van der Waals surface area contributed by atoms with Crippen molar-refractivity contribution in [2.45, 2.75) is 0 Å². The lowest BCUT2D eigenvalue weighted by atomic mass is 10.1. The minimum absolute atomic E-state index is 0.0723. The Morgan fingerprint density at radius 2 is 2.13 bits per heavy atom. The molecule has 0 aliphatic rings. The van der Waals surface area contributed by atoms with E-state index in [1.807, 2.05) is 0 Å². The second-order valence-electron chi connectivity index (χ2n) is 3.12. The third-order valence-electron chi connectivity index (χ3n) is 1.93. The van der Waals surface area contributed by atoms with Crippen molar-refractivity contribution in [1.82, 2.24) is 14.8 Å². The molecular formula is C10H8BrN3O. The van der Waals surface area contributed by atoms with Gasteiger partial charge in [-0.3, -0.25) is 14.5 Å². The van der Waals surface area contributed by atoms with Gasteiger partial charge in [-0.1, -0.05) is 0 Å². The van der Waals surface area contributed by atoms with Crippen molar-refractivity contribution < 1.29 is 4.79 Å². The van der Waals surface area contributed by atoms with Gasteiger partial charge in [-0.2, -0.15) is 5.10 Å². The molecule has 0 amide bonds. The normalized spacial score (nSPS) is 10.3. The largest absolute Gasteiger partial charge is 0.288 e. The van der Waals surface area contributed by atoms with E-state index >= 15 is 0 Å². The molecule has 5 heteroatoms. The van der Waals surface area contributed by atoms with Crippen molar-refractivity contribution in [3.63, 3.8) is 0 Å².